The summed E-state index contributed by atoms with van der Waals surface area (Å²) >= 11 is 0. The van der Waals surface area contributed by atoms with Crippen LogP contribution >= 0.6 is 0 Å². The minimum absolute atomic E-state index is 0. The molecule has 0 radical (unpaired) electrons. The van der Waals surface area contributed by atoms with Gasteiger partial charge in [0.15, 0.2) is 6.29 Å². The van der Waals surface area contributed by atoms with E-state index < -0.39 is 44.3 Å². The Hall–Kier alpha value is -8.70. The average Bonchev–Trinajstić information content (AvgIpc) is 0.803. The molecule has 0 aromatic heterocycles. The van der Waals surface area contributed by atoms with Gasteiger partial charge < -0.3 is 92.4 Å². The van der Waals surface area contributed by atoms with Gasteiger partial charge in [0.2, 0.25) is 0 Å². The van der Waals surface area contributed by atoms with Crippen LogP contribution in [0.3, 0.4) is 0 Å². The zero-order valence-electron chi connectivity index (χ0n) is 77.0. The van der Waals surface area contributed by atoms with Crippen LogP contribution in [0.15, 0.2) is 133 Å². The Morgan fingerprint density at radius 1 is 0.368 bits per heavy atom. The number of hydrogen-bond acceptors (Lipinski definition) is 22. The number of aliphatic hydroxyl groups is 5. The molecule has 7 aromatic carbocycles. The summed E-state index contributed by atoms with van der Waals surface area (Å²) in [6.45, 7) is 39.0. The number of esters is 1. The fourth-order valence-corrected chi connectivity index (χ4v) is 12.1. The zero-order valence-corrected chi connectivity index (χ0v) is 77.8. The standard InChI is InChI=1S/C23H32O4.C21H28O6S.C17H26O5.C14H22O2.C10H14O.2C6H12O3.14CH4/c1-6-18(3)19-7-9-22(10-8-19)26-11-12-27-23-20(15-24-4)13-17(2)14-21(23)16-25-5;1-4-16(3)17-5-7-20(8-6-17)27-28(24,25)10-9-26-21-18(13-22)11-15(2)12-19(21)14-23;1-6-17(3,11-18)16(19)22-15-13(9-20-4)7-12(2)8-14(15)10-21-5;1-5-11(3)13-7-9-14(10-8-13)16-12(4)15-6-2;1-3-8(2)9-4-6-10(11)7-5-9;2*1-3-6(2,4-7)5(8)9;;;;;;;;;;;;;;/h7-10,13-14,18H,6,11-12,15-16H2,1-5H3;5-8,11-12,16,22-23H,4,9-10,13-14H2,1-3H3;7-8,18H,6,9-11H2,1-5H3;7-12H,5-6H2,1-4H3;4-8,11H,3H2,1-2H3;2*7H,3-4H2,1-2H3,(H,8,9);14*1H4. The van der Waals surface area contributed by atoms with Gasteiger partial charge in [-0.15, -0.1) is 0 Å². The van der Waals surface area contributed by atoms with E-state index in [1.165, 1.54) is 36.1 Å². The van der Waals surface area contributed by atoms with Crippen molar-refractivity contribution in [2.75, 3.05) is 80.4 Å². The van der Waals surface area contributed by atoms with Crippen molar-refractivity contribution in [3.05, 3.63) is 206 Å². The maximum atomic E-state index is 12.4. The van der Waals surface area contributed by atoms with E-state index in [-0.39, 0.29) is 161 Å². The second-order valence-electron chi connectivity index (χ2n) is 31.1. The molecule has 136 heavy (non-hydrogen) atoms. The van der Waals surface area contributed by atoms with Gasteiger partial charge >= 0.3 is 28.0 Å². The Labute approximate surface area is 831 Å². The predicted molar refractivity (Wildman–Crippen MR) is 575 cm³/mol. The first-order valence-electron chi connectivity index (χ1n) is 42.1. The maximum absolute atomic E-state index is 12.4. The van der Waals surface area contributed by atoms with Gasteiger partial charge in [0.05, 0.1) is 75.7 Å². The van der Waals surface area contributed by atoms with Gasteiger partial charge in [-0.25, -0.2) is 0 Å². The number of carboxylic acids is 2. The van der Waals surface area contributed by atoms with Crippen molar-refractivity contribution >= 4 is 28.0 Å². The first kappa shape index (κ1) is 158. The molecule has 0 heterocycles. The molecule has 0 amide bonds. The quantitative estimate of drug-likeness (QED) is 0.00578. The van der Waals surface area contributed by atoms with E-state index in [1.807, 2.05) is 95.3 Å². The Bertz CT molecular complexity index is 4070. The van der Waals surface area contributed by atoms with Crippen LogP contribution in [-0.4, -0.2) is 154 Å². The van der Waals surface area contributed by atoms with Gasteiger partial charge in [-0.1, -0.05) is 282 Å². The monoisotopic (exact) mass is 1950 g/mol. The number of aliphatic hydroxyl groups excluding tert-OH is 5. The van der Waals surface area contributed by atoms with Gasteiger partial charge in [0, 0.05) is 68.4 Å². The number of ether oxygens (including phenoxy) is 10. The van der Waals surface area contributed by atoms with Crippen molar-refractivity contribution < 1.29 is 115 Å². The van der Waals surface area contributed by atoms with Crippen molar-refractivity contribution in [1.29, 1.82) is 0 Å². The van der Waals surface area contributed by atoms with Crippen LogP contribution in [-0.2, 0) is 87.8 Å². The molecular formula is C111H202O24S. The maximum Gasteiger partial charge on any atom is 0.319 e. The topological polar surface area (TPSA) is 349 Å². The number of phenolic OH excluding ortho intramolecular Hbond substituents is 1. The Morgan fingerprint density at radius 3 is 0.912 bits per heavy atom. The highest BCUT2D eigenvalue weighted by Gasteiger charge is 2.35. The van der Waals surface area contributed by atoms with Gasteiger partial charge in [0.1, 0.15) is 65.8 Å². The SMILES string of the molecule is C.C.C.C.C.C.C.C.C.C.C.C.C.C.CCC(C)(CO)C(=O)O.CCC(C)(CO)C(=O)O.CCC(C)(CO)C(=O)Oc1c(COC)cc(C)cc1COC.CCC(C)c1ccc(O)cc1.CCC(C)c1ccc(OCCOc2c(COC)cc(C)cc2COC)cc1.CCC(C)c1ccc(OS(=O)(=O)CCOc2c(CO)cc(C)cc2CO)cc1.CCOC(C)Oc1ccc(C(C)CC)cc1. The van der Waals surface area contributed by atoms with Gasteiger partial charge in [-0.05, 0) is 195 Å². The molecule has 8 atom stereocenters. The Kier molecular flexibility index (Phi) is 98.1. The van der Waals surface area contributed by atoms with Crippen LogP contribution < -0.4 is 27.9 Å². The number of carbonyl (C=O) groups is 3. The summed E-state index contributed by atoms with van der Waals surface area (Å²) in [6, 6.07) is 42.5. The third-order valence-corrected chi connectivity index (χ3v) is 22.3. The number of carboxylic acid groups (broad SMARTS) is 2. The number of aromatic hydroxyl groups is 1. The van der Waals surface area contributed by atoms with Crippen LogP contribution in [0.4, 0.5) is 0 Å². The molecule has 0 aliphatic rings. The summed E-state index contributed by atoms with van der Waals surface area (Å²) < 4.78 is 84.6. The highest BCUT2D eigenvalue weighted by molar-refractivity contribution is 7.87. The molecule has 0 aliphatic carbocycles. The molecular weight excluding hydrogens is 1750 g/mol. The number of rotatable bonds is 43. The molecule has 0 bridgehead atoms. The van der Waals surface area contributed by atoms with E-state index in [0.29, 0.717) is 118 Å². The summed E-state index contributed by atoms with van der Waals surface area (Å²) in [5.41, 5.74) is 10.0. The fraction of sp³-hybridized carbons (Fsp3) is 0.595. The molecule has 0 fully saturated rings. The molecule has 24 nitrogen and oxygen atoms in total. The highest BCUT2D eigenvalue weighted by atomic mass is 32.2. The number of hydrogen-bond donors (Lipinski definition) is 8. The van der Waals surface area contributed by atoms with Gasteiger partial charge in [-0.3, -0.25) is 14.4 Å². The van der Waals surface area contributed by atoms with E-state index in [4.69, 9.17) is 77.1 Å². The molecule has 0 aliphatic heterocycles. The van der Waals surface area contributed by atoms with Crippen molar-refractivity contribution in [1.82, 2.24) is 0 Å². The van der Waals surface area contributed by atoms with Crippen LogP contribution in [0.5, 0.6) is 40.2 Å². The molecule has 8 N–H and O–H groups in total. The second kappa shape index (κ2) is 84.4. The first-order chi connectivity index (χ1) is 57.8. The third-order valence-electron chi connectivity index (χ3n) is 21.2. The van der Waals surface area contributed by atoms with E-state index in [9.17, 15) is 38.1 Å². The van der Waals surface area contributed by atoms with E-state index in [1.54, 1.807) is 85.6 Å². The van der Waals surface area contributed by atoms with Crippen LogP contribution in [0, 0.1) is 37.0 Å². The number of benzene rings is 7. The lowest BCUT2D eigenvalue weighted by molar-refractivity contribution is -0.151. The lowest BCUT2D eigenvalue weighted by Gasteiger charge is -2.25. The van der Waals surface area contributed by atoms with E-state index >= 15 is 0 Å². The highest BCUT2D eigenvalue weighted by Crippen LogP contribution is 2.34. The summed E-state index contributed by atoms with van der Waals surface area (Å²) in [5.74, 6) is 3.44. The van der Waals surface area contributed by atoms with Crippen LogP contribution in [0.1, 0.15) is 356 Å². The van der Waals surface area contributed by atoms with Crippen molar-refractivity contribution in [3.63, 3.8) is 0 Å². The molecule has 0 saturated heterocycles. The third kappa shape index (κ3) is 56.4. The predicted octanol–water partition coefficient (Wildman–Crippen LogP) is 27.9. The van der Waals surface area contributed by atoms with E-state index in [0.717, 1.165) is 81.9 Å². The largest absolute Gasteiger partial charge is 0.508 e. The van der Waals surface area contributed by atoms with Gasteiger partial charge in [0.25, 0.3) is 0 Å². The number of carbonyl (C=O) groups excluding carboxylic acids is 1. The lowest BCUT2D eigenvalue weighted by Crippen LogP contribution is -2.35. The van der Waals surface area contributed by atoms with Crippen LogP contribution in [0.2, 0.25) is 0 Å². The summed E-state index contributed by atoms with van der Waals surface area (Å²) in [6.07, 6.45) is 5.67. The number of methoxy groups -OCH3 is 4. The van der Waals surface area contributed by atoms with Crippen molar-refractivity contribution in [2.45, 2.75) is 350 Å². The molecule has 0 saturated carbocycles. The van der Waals surface area contributed by atoms with Crippen molar-refractivity contribution in [3.8, 4) is 40.2 Å². The second-order valence-corrected chi connectivity index (χ2v) is 32.8. The molecule has 25 heteroatoms. The summed E-state index contributed by atoms with van der Waals surface area (Å²) in [5, 5.41) is 71.6. The average molecular weight is 1950 g/mol. The first-order valence-corrected chi connectivity index (χ1v) is 43.6. The smallest absolute Gasteiger partial charge is 0.319 e. The zero-order chi connectivity index (χ0) is 92.3. The number of aliphatic carboxylic acids is 2. The molecule has 8 unspecified atom stereocenters. The minimum Gasteiger partial charge on any atom is -0.508 e. The number of phenols is 1. The lowest BCUT2D eigenvalue weighted by atomic mass is 9.89. The van der Waals surface area contributed by atoms with E-state index in [2.05, 4.69) is 98.7 Å². The fourth-order valence-electron chi connectivity index (χ4n) is 11.3. The van der Waals surface area contributed by atoms with Crippen molar-refractivity contribution in [2.24, 2.45) is 16.2 Å². The summed E-state index contributed by atoms with van der Waals surface area (Å²) in [7, 11) is 2.72. The Morgan fingerprint density at radius 2 is 0.640 bits per heavy atom. The minimum atomic E-state index is -3.84. The summed E-state index contributed by atoms with van der Waals surface area (Å²) in [4.78, 5) is 33.1. The Balaban J connectivity index is -0.000000108. The number of aryl methyl sites for hydroxylation is 3. The molecule has 7 rings (SSSR count). The normalized spacial score (nSPS) is 12.2. The molecule has 7 aromatic rings. The van der Waals surface area contributed by atoms with Gasteiger partial charge in [-0.2, -0.15) is 8.42 Å². The molecule has 0 spiro atoms. The molecule has 796 valence electrons. The van der Waals surface area contributed by atoms with Crippen LogP contribution in [0.25, 0.3) is 0 Å².